The SMILES string of the molecule is c1ccc2c(c1)c1ccccc1n2-c1ccc(-n2c3ccccc3c3c4sc5ccc(-n6c7ccccc7c7ccccc76)cc5c4ccc32)cc1. The molecule has 0 fully saturated rings. The molecule has 0 atom stereocenters. The molecule has 12 aromatic rings. The number of rotatable bonds is 3. The van der Waals surface area contributed by atoms with Gasteiger partial charge in [0.1, 0.15) is 0 Å². The van der Waals surface area contributed by atoms with Crippen LogP contribution < -0.4 is 0 Å². The lowest BCUT2D eigenvalue weighted by molar-refractivity contribution is 1.14. The van der Waals surface area contributed by atoms with Crippen molar-refractivity contribution in [3.05, 3.63) is 176 Å². The van der Waals surface area contributed by atoms with Gasteiger partial charge < -0.3 is 13.7 Å². The Balaban J connectivity index is 1.05. The van der Waals surface area contributed by atoms with Gasteiger partial charge in [0.05, 0.1) is 33.1 Å². The Morgan fingerprint density at radius 1 is 0.288 bits per heavy atom. The van der Waals surface area contributed by atoms with Crippen LogP contribution in [0.15, 0.2) is 176 Å². The van der Waals surface area contributed by atoms with Gasteiger partial charge in [-0.2, -0.15) is 0 Å². The zero-order chi connectivity index (χ0) is 33.9. The predicted molar refractivity (Wildman–Crippen MR) is 222 cm³/mol. The van der Waals surface area contributed by atoms with Crippen LogP contribution in [0.3, 0.4) is 0 Å². The number of hydrogen-bond donors (Lipinski definition) is 0. The molecule has 0 radical (unpaired) electrons. The lowest BCUT2D eigenvalue weighted by Gasteiger charge is -2.11. The minimum Gasteiger partial charge on any atom is -0.309 e. The van der Waals surface area contributed by atoms with Crippen molar-refractivity contribution >= 4 is 96.9 Å². The third-order valence-corrected chi connectivity index (χ3v) is 12.2. The lowest BCUT2D eigenvalue weighted by Crippen LogP contribution is -1.97. The first-order chi connectivity index (χ1) is 25.8. The molecular weight excluding hydrogens is 651 g/mol. The van der Waals surface area contributed by atoms with Gasteiger partial charge >= 0.3 is 0 Å². The molecule has 242 valence electrons. The van der Waals surface area contributed by atoms with E-state index in [1.807, 2.05) is 11.3 Å². The molecule has 12 rings (SSSR count). The second-order valence-corrected chi connectivity index (χ2v) is 14.8. The molecule has 0 amide bonds. The highest BCUT2D eigenvalue weighted by Gasteiger charge is 2.19. The summed E-state index contributed by atoms with van der Waals surface area (Å²) >= 11 is 1.90. The van der Waals surface area contributed by atoms with Gasteiger partial charge in [-0.05, 0) is 78.9 Å². The second-order valence-electron chi connectivity index (χ2n) is 13.7. The Kier molecular flexibility index (Phi) is 5.65. The van der Waals surface area contributed by atoms with Gasteiger partial charge in [-0.1, -0.05) is 97.1 Å². The van der Waals surface area contributed by atoms with Crippen LogP contribution in [0.25, 0.3) is 103 Å². The zero-order valence-corrected chi connectivity index (χ0v) is 28.8. The molecule has 0 aliphatic rings. The van der Waals surface area contributed by atoms with Crippen LogP contribution in [-0.4, -0.2) is 13.7 Å². The topological polar surface area (TPSA) is 14.8 Å². The van der Waals surface area contributed by atoms with E-state index in [9.17, 15) is 0 Å². The summed E-state index contributed by atoms with van der Waals surface area (Å²) in [5.74, 6) is 0. The summed E-state index contributed by atoms with van der Waals surface area (Å²) < 4.78 is 9.88. The Bertz CT molecular complexity index is 3300. The number of thiophene rings is 1. The first-order valence-corrected chi connectivity index (χ1v) is 18.6. The molecule has 4 heterocycles. The van der Waals surface area contributed by atoms with E-state index in [1.165, 1.54) is 91.3 Å². The number of fused-ring (bicyclic) bond motifs is 13. The molecule has 0 saturated carbocycles. The van der Waals surface area contributed by atoms with Gasteiger partial charge in [-0.25, -0.2) is 0 Å². The minimum absolute atomic E-state index is 1.16. The molecule has 4 heteroatoms. The van der Waals surface area contributed by atoms with E-state index in [0.717, 1.165) is 11.4 Å². The van der Waals surface area contributed by atoms with Crippen molar-refractivity contribution in [2.75, 3.05) is 0 Å². The number of benzene rings is 8. The van der Waals surface area contributed by atoms with Crippen LogP contribution >= 0.6 is 11.3 Å². The molecule has 0 bridgehead atoms. The third kappa shape index (κ3) is 3.74. The first-order valence-electron chi connectivity index (χ1n) is 17.8. The normalized spacial score (nSPS) is 12.2. The molecule has 8 aromatic carbocycles. The van der Waals surface area contributed by atoms with Gasteiger partial charge in [0.15, 0.2) is 0 Å². The molecule has 3 nitrogen and oxygen atoms in total. The van der Waals surface area contributed by atoms with Crippen LogP contribution in [0.2, 0.25) is 0 Å². The average Bonchev–Trinajstić information content (AvgIpc) is 3.94. The van der Waals surface area contributed by atoms with Crippen molar-refractivity contribution in [1.82, 2.24) is 13.7 Å². The van der Waals surface area contributed by atoms with Gasteiger partial charge in [0.2, 0.25) is 0 Å². The molecular formula is C48H29N3S. The van der Waals surface area contributed by atoms with Crippen molar-refractivity contribution in [1.29, 1.82) is 0 Å². The monoisotopic (exact) mass is 679 g/mol. The van der Waals surface area contributed by atoms with E-state index in [2.05, 4.69) is 190 Å². The summed E-state index contributed by atoms with van der Waals surface area (Å²) in [6.45, 7) is 0. The second kappa shape index (κ2) is 10.5. The summed E-state index contributed by atoms with van der Waals surface area (Å²) in [7, 11) is 0. The summed E-state index contributed by atoms with van der Waals surface area (Å²) in [6.07, 6.45) is 0. The maximum atomic E-state index is 2.44. The van der Waals surface area contributed by atoms with Crippen LogP contribution in [0, 0.1) is 0 Å². The van der Waals surface area contributed by atoms with E-state index >= 15 is 0 Å². The largest absolute Gasteiger partial charge is 0.309 e. The van der Waals surface area contributed by atoms with Crippen molar-refractivity contribution in [2.45, 2.75) is 0 Å². The molecule has 4 aromatic heterocycles. The Labute approximate surface area is 302 Å². The fourth-order valence-electron chi connectivity index (χ4n) is 8.84. The Morgan fingerprint density at radius 2 is 0.692 bits per heavy atom. The summed E-state index contributed by atoms with van der Waals surface area (Å²) in [4.78, 5) is 0. The highest BCUT2D eigenvalue weighted by molar-refractivity contribution is 7.26. The molecule has 52 heavy (non-hydrogen) atoms. The van der Waals surface area contributed by atoms with Crippen molar-refractivity contribution in [3.63, 3.8) is 0 Å². The quantitative estimate of drug-likeness (QED) is 0.177. The molecule has 0 N–H and O–H groups in total. The van der Waals surface area contributed by atoms with E-state index in [0.29, 0.717) is 0 Å². The predicted octanol–water partition coefficient (Wildman–Crippen LogP) is 13.3. The van der Waals surface area contributed by atoms with E-state index in [4.69, 9.17) is 0 Å². The lowest BCUT2D eigenvalue weighted by atomic mass is 10.1. The number of nitrogens with zero attached hydrogens (tertiary/aromatic N) is 3. The van der Waals surface area contributed by atoms with E-state index < -0.39 is 0 Å². The summed E-state index contributed by atoms with van der Waals surface area (Å²) in [5, 5.41) is 10.3. The van der Waals surface area contributed by atoms with Crippen molar-refractivity contribution in [3.8, 4) is 17.1 Å². The Hall–Kier alpha value is -6.62. The highest BCUT2D eigenvalue weighted by atomic mass is 32.1. The van der Waals surface area contributed by atoms with Crippen molar-refractivity contribution < 1.29 is 0 Å². The van der Waals surface area contributed by atoms with Gasteiger partial charge in [0, 0.05) is 69.6 Å². The molecule has 0 saturated heterocycles. The molecule has 0 spiro atoms. The van der Waals surface area contributed by atoms with E-state index in [-0.39, 0.29) is 0 Å². The third-order valence-electron chi connectivity index (χ3n) is 11.0. The van der Waals surface area contributed by atoms with Gasteiger partial charge in [-0.3, -0.25) is 0 Å². The minimum atomic E-state index is 1.16. The maximum absolute atomic E-state index is 2.44. The fraction of sp³-hybridized carbons (Fsp3) is 0. The van der Waals surface area contributed by atoms with Crippen molar-refractivity contribution in [2.24, 2.45) is 0 Å². The summed E-state index contributed by atoms with van der Waals surface area (Å²) in [6, 6.07) is 64.5. The fourth-order valence-corrected chi connectivity index (χ4v) is 10.1. The average molecular weight is 680 g/mol. The number of para-hydroxylation sites is 5. The van der Waals surface area contributed by atoms with Crippen LogP contribution in [0.4, 0.5) is 0 Å². The maximum Gasteiger partial charge on any atom is 0.0555 e. The van der Waals surface area contributed by atoms with Gasteiger partial charge in [0.25, 0.3) is 0 Å². The number of aromatic nitrogens is 3. The number of hydrogen-bond acceptors (Lipinski definition) is 1. The van der Waals surface area contributed by atoms with Crippen LogP contribution in [-0.2, 0) is 0 Å². The standard InChI is InChI=1S/C48H29N3S/c1-6-16-40-33(11-1)34-12-2-7-17-41(34)49(40)30-21-23-31(24-22-30)50-44-20-10-5-15-38(44)47-45(50)27-26-37-39-29-32(25-28-46(39)52-48(37)47)51-42-18-8-3-13-35(42)36-14-4-9-19-43(36)51/h1-29H. The first kappa shape index (κ1) is 28.1. The van der Waals surface area contributed by atoms with Crippen LogP contribution in [0.1, 0.15) is 0 Å². The Morgan fingerprint density at radius 3 is 1.21 bits per heavy atom. The van der Waals surface area contributed by atoms with Gasteiger partial charge in [-0.15, -0.1) is 11.3 Å². The smallest absolute Gasteiger partial charge is 0.0555 e. The molecule has 0 unspecified atom stereocenters. The summed E-state index contributed by atoms with van der Waals surface area (Å²) in [5.41, 5.74) is 10.9. The van der Waals surface area contributed by atoms with Crippen LogP contribution in [0.5, 0.6) is 0 Å². The molecule has 0 aliphatic heterocycles. The highest BCUT2D eigenvalue weighted by Crippen LogP contribution is 2.44. The van der Waals surface area contributed by atoms with E-state index in [1.54, 1.807) is 0 Å². The molecule has 0 aliphatic carbocycles. The zero-order valence-electron chi connectivity index (χ0n) is 28.0.